The number of nitrogens with one attached hydrogen (secondary N) is 1. The first-order valence-corrected chi connectivity index (χ1v) is 4.34. The van der Waals surface area contributed by atoms with E-state index < -0.39 is 4.92 Å². The average Bonchev–Trinajstić information content (AvgIpc) is 2.01. The van der Waals surface area contributed by atoms with E-state index in [1.807, 2.05) is 6.92 Å². The SMILES string of the molecule is CCC(C)C(C)NC(N)=C[N+](=O)[O-]. The fourth-order valence-corrected chi connectivity index (χ4v) is 0.910. The number of hydrogen-bond donors (Lipinski definition) is 2. The third-order valence-electron chi connectivity index (χ3n) is 2.14. The first-order chi connectivity index (χ1) is 5.97. The standard InChI is InChI=1S/C8H17N3O2/c1-4-6(2)7(3)10-8(9)5-11(12)13/h5-7,10H,4,9H2,1-3H3. The van der Waals surface area contributed by atoms with Crippen molar-refractivity contribution in [3.63, 3.8) is 0 Å². The molecule has 5 nitrogen and oxygen atoms in total. The lowest BCUT2D eigenvalue weighted by atomic mass is 10.0. The zero-order valence-corrected chi connectivity index (χ0v) is 8.28. The number of nitrogens with zero attached hydrogens (tertiary/aromatic N) is 1. The van der Waals surface area contributed by atoms with Gasteiger partial charge in [-0.2, -0.15) is 0 Å². The van der Waals surface area contributed by atoms with E-state index in [1.165, 1.54) is 0 Å². The van der Waals surface area contributed by atoms with E-state index in [0.29, 0.717) is 5.92 Å². The van der Waals surface area contributed by atoms with Gasteiger partial charge in [0.15, 0.2) is 5.82 Å². The van der Waals surface area contributed by atoms with Gasteiger partial charge in [-0.05, 0) is 12.8 Å². The highest BCUT2D eigenvalue weighted by molar-refractivity contribution is 4.90. The molecule has 0 fully saturated rings. The molecule has 0 aromatic rings. The Morgan fingerprint density at radius 2 is 2.23 bits per heavy atom. The molecule has 0 saturated heterocycles. The predicted octanol–water partition coefficient (Wildman–Crippen LogP) is 1.04. The van der Waals surface area contributed by atoms with Crippen LogP contribution < -0.4 is 11.1 Å². The molecule has 0 amide bonds. The van der Waals surface area contributed by atoms with Crippen LogP contribution in [0.25, 0.3) is 0 Å². The molecule has 0 aliphatic heterocycles. The second-order valence-corrected chi connectivity index (χ2v) is 3.19. The van der Waals surface area contributed by atoms with Crippen molar-refractivity contribution >= 4 is 0 Å². The Labute approximate surface area is 78.1 Å². The van der Waals surface area contributed by atoms with Crippen LogP contribution in [0.5, 0.6) is 0 Å². The molecule has 0 aliphatic rings. The van der Waals surface area contributed by atoms with E-state index >= 15 is 0 Å². The van der Waals surface area contributed by atoms with E-state index in [9.17, 15) is 10.1 Å². The lowest BCUT2D eigenvalue weighted by Gasteiger charge is -2.19. The van der Waals surface area contributed by atoms with Gasteiger partial charge in [0.2, 0.25) is 0 Å². The average molecular weight is 187 g/mol. The molecule has 0 aromatic heterocycles. The highest BCUT2D eigenvalue weighted by atomic mass is 16.6. The lowest BCUT2D eigenvalue weighted by molar-refractivity contribution is -0.403. The Bertz CT molecular complexity index is 204. The van der Waals surface area contributed by atoms with Crippen molar-refractivity contribution in [2.45, 2.75) is 33.2 Å². The maximum Gasteiger partial charge on any atom is 0.273 e. The van der Waals surface area contributed by atoms with Gasteiger partial charge in [0.25, 0.3) is 6.20 Å². The van der Waals surface area contributed by atoms with Crippen LogP contribution in [-0.4, -0.2) is 11.0 Å². The van der Waals surface area contributed by atoms with Crippen LogP contribution in [0.2, 0.25) is 0 Å². The summed E-state index contributed by atoms with van der Waals surface area (Å²) in [7, 11) is 0. The summed E-state index contributed by atoms with van der Waals surface area (Å²) in [6.45, 7) is 6.09. The Kier molecular flexibility index (Phi) is 4.87. The van der Waals surface area contributed by atoms with Gasteiger partial charge >= 0.3 is 0 Å². The Morgan fingerprint density at radius 1 is 1.69 bits per heavy atom. The normalized spacial score (nSPS) is 16.4. The van der Waals surface area contributed by atoms with E-state index in [1.54, 1.807) is 0 Å². The molecule has 0 saturated carbocycles. The molecule has 0 aliphatic carbocycles. The minimum atomic E-state index is -0.564. The summed E-state index contributed by atoms with van der Waals surface area (Å²) in [6, 6.07) is 0.154. The summed E-state index contributed by atoms with van der Waals surface area (Å²) in [6.07, 6.45) is 1.79. The summed E-state index contributed by atoms with van der Waals surface area (Å²) in [5.41, 5.74) is 5.38. The number of hydrogen-bond acceptors (Lipinski definition) is 4. The second-order valence-electron chi connectivity index (χ2n) is 3.19. The molecule has 5 heteroatoms. The fourth-order valence-electron chi connectivity index (χ4n) is 0.910. The topological polar surface area (TPSA) is 81.2 Å². The van der Waals surface area contributed by atoms with Crippen LogP contribution in [0, 0.1) is 16.0 Å². The third kappa shape index (κ3) is 5.05. The van der Waals surface area contributed by atoms with Crippen molar-refractivity contribution in [3.05, 3.63) is 22.1 Å². The van der Waals surface area contributed by atoms with Crippen LogP contribution >= 0.6 is 0 Å². The van der Waals surface area contributed by atoms with Crippen molar-refractivity contribution < 1.29 is 4.92 Å². The van der Waals surface area contributed by atoms with Crippen molar-refractivity contribution in [3.8, 4) is 0 Å². The van der Waals surface area contributed by atoms with E-state index in [0.717, 1.165) is 12.6 Å². The highest BCUT2D eigenvalue weighted by Crippen LogP contribution is 2.06. The van der Waals surface area contributed by atoms with Gasteiger partial charge in [-0.1, -0.05) is 20.3 Å². The van der Waals surface area contributed by atoms with Gasteiger partial charge in [-0.3, -0.25) is 10.1 Å². The quantitative estimate of drug-likeness (QED) is 0.498. The highest BCUT2D eigenvalue weighted by Gasteiger charge is 2.10. The molecular weight excluding hydrogens is 170 g/mol. The van der Waals surface area contributed by atoms with E-state index in [-0.39, 0.29) is 11.9 Å². The Hall–Kier alpha value is -1.26. The van der Waals surface area contributed by atoms with Crippen LogP contribution in [-0.2, 0) is 0 Å². The number of nitrogens with two attached hydrogens (primary N) is 1. The minimum absolute atomic E-state index is 0.109. The Morgan fingerprint density at radius 3 is 2.62 bits per heavy atom. The third-order valence-corrected chi connectivity index (χ3v) is 2.14. The molecule has 76 valence electrons. The second kappa shape index (κ2) is 5.40. The summed E-state index contributed by atoms with van der Waals surface area (Å²) < 4.78 is 0. The summed E-state index contributed by atoms with van der Waals surface area (Å²) in [5.74, 6) is 0.552. The molecule has 0 spiro atoms. The summed E-state index contributed by atoms with van der Waals surface area (Å²) in [4.78, 5) is 9.48. The van der Waals surface area contributed by atoms with Crippen LogP contribution in [0.3, 0.4) is 0 Å². The van der Waals surface area contributed by atoms with Gasteiger partial charge in [0.05, 0.1) is 4.92 Å². The maximum absolute atomic E-state index is 10.0. The molecular formula is C8H17N3O2. The monoisotopic (exact) mass is 187 g/mol. The van der Waals surface area contributed by atoms with Crippen LogP contribution in [0.1, 0.15) is 27.2 Å². The number of nitro groups is 1. The van der Waals surface area contributed by atoms with Crippen molar-refractivity contribution in [2.24, 2.45) is 11.7 Å². The van der Waals surface area contributed by atoms with Crippen molar-refractivity contribution in [1.29, 1.82) is 0 Å². The van der Waals surface area contributed by atoms with Crippen LogP contribution in [0.4, 0.5) is 0 Å². The molecule has 0 radical (unpaired) electrons. The first kappa shape index (κ1) is 11.7. The van der Waals surface area contributed by atoms with Gasteiger partial charge < -0.3 is 11.1 Å². The van der Waals surface area contributed by atoms with Crippen molar-refractivity contribution in [1.82, 2.24) is 5.32 Å². The van der Waals surface area contributed by atoms with Crippen LogP contribution in [0.15, 0.2) is 12.0 Å². The zero-order chi connectivity index (χ0) is 10.4. The molecule has 0 aromatic carbocycles. The first-order valence-electron chi connectivity index (χ1n) is 4.34. The maximum atomic E-state index is 10.0. The minimum Gasteiger partial charge on any atom is -0.380 e. The molecule has 0 rings (SSSR count). The molecule has 13 heavy (non-hydrogen) atoms. The summed E-state index contributed by atoms with van der Waals surface area (Å²) >= 11 is 0. The molecule has 0 bridgehead atoms. The largest absolute Gasteiger partial charge is 0.380 e. The molecule has 2 unspecified atom stereocenters. The van der Waals surface area contributed by atoms with Gasteiger partial charge in [-0.15, -0.1) is 0 Å². The fraction of sp³-hybridized carbons (Fsp3) is 0.750. The molecule has 3 N–H and O–H groups in total. The predicted molar refractivity (Wildman–Crippen MR) is 51.3 cm³/mol. The van der Waals surface area contributed by atoms with Gasteiger partial charge in [0.1, 0.15) is 0 Å². The van der Waals surface area contributed by atoms with Gasteiger partial charge in [0, 0.05) is 6.04 Å². The van der Waals surface area contributed by atoms with Crippen molar-refractivity contribution in [2.75, 3.05) is 0 Å². The number of rotatable bonds is 5. The molecule has 2 atom stereocenters. The zero-order valence-electron chi connectivity index (χ0n) is 8.28. The molecule has 0 heterocycles. The smallest absolute Gasteiger partial charge is 0.273 e. The van der Waals surface area contributed by atoms with E-state index in [4.69, 9.17) is 5.73 Å². The Balaban J connectivity index is 4.05. The summed E-state index contributed by atoms with van der Waals surface area (Å²) in [5, 5.41) is 12.9. The van der Waals surface area contributed by atoms with E-state index in [2.05, 4.69) is 19.2 Å². The lowest BCUT2D eigenvalue weighted by Crippen LogP contribution is -2.34. The van der Waals surface area contributed by atoms with Gasteiger partial charge in [-0.25, -0.2) is 0 Å².